The summed E-state index contributed by atoms with van der Waals surface area (Å²) in [7, 11) is 2.16. The lowest BCUT2D eigenvalue weighted by Gasteiger charge is -2.28. The van der Waals surface area contributed by atoms with Gasteiger partial charge in [0.2, 0.25) is 0 Å². The van der Waals surface area contributed by atoms with Gasteiger partial charge in [0.25, 0.3) is 0 Å². The second-order valence-electron chi connectivity index (χ2n) is 12.1. The van der Waals surface area contributed by atoms with Crippen LogP contribution in [0.3, 0.4) is 0 Å². The van der Waals surface area contributed by atoms with Crippen molar-refractivity contribution in [1.82, 2.24) is 4.57 Å². The monoisotopic (exact) mass is 474 g/mol. The van der Waals surface area contributed by atoms with Crippen LogP contribution < -0.4 is 4.90 Å². The summed E-state index contributed by atoms with van der Waals surface area (Å²) in [6.07, 6.45) is 0. The van der Waals surface area contributed by atoms with Crippen LogP contribution in [0.2, 0.25) is 0 Å². The van der Waals surface area contributed by atoms with Gasteiger partial charge < -0.3 is 9.47 Å². The summed E-state index contributed by atoms with van der Waals surface area (Å²) in [6, 6.07) is 33.8. The Balaban J connectivity index is 1.58. The van der Waals surface area contributed by atoms with Gasteiger partial charge in [0, 0.05) is 46.8 Å². The SMILES string of the molecule is Cn1c2ccccc2c2cc(CN(c3ccc(C(C)(C)C)cc3)c3ccc(C(C)(C)C)cc3)ccc21. The van der Waals surface area contributed by atoms with E-state index in [0.29, 0.717) is 0 Å². The van der Waals surface area contributed by atoms with Gasteiger partial charge in [0.1, 0.15) is 0 Å². The molecule has 36 heavy (non-hydrogen) atoms. The van der Waals surface area contributed by atoms with Crippen LogP contribution in [0.5, 0.6) is 0 Å². The van der Waals surface area contributed by atoms with Crippen LogP contribution in [-0.4, -0.2) is 4.57 Å². The molecule has 5 aromatic rings. The van der Waals surface area contributed by atoms with E-state index in [1.165, 1.54) is 49.9 Å². The van der Waals surface area contributed by atoms with E-state index in [4.69, 9.17) is 0 Å². The van der Waals surface area contributed by atoms with Crippen LogP contribution in [0.4, 0.5) is 11.4 Å². The van der Waals surface area contributed by atoms with E-state index in [2.05, 4.69) is 149 Å². The maximum Gasteiger partial charge on any atom is 0.0488 e. The number of para-hydroxylation sites is 1. The van der Waals surface area contributed by atoms with Gasteiger partial charge in [-0.1, -0.05) is 90.1 Å². The van der Waals surface area contributed by atoms with Gasteiger partial charge in [-0.15, -0.1) is 0 Å². The number of hydrogen-bond donors (Lipinski definition) is 0. The number of hydrogen-bond acceptors (Lipinski definition) is 1. The Bertz CT molecular complexity index is 1450. The van der Waals surface area contributed by atoms with Crippen molar-refractivity contribution in [3.8, 4) is 0 Å². The summed E-state index contributed by atoms with van der Waals surface area (Å²) < 4.78 is 2.29. The van der Waals surface area contributed by atoms with Crippen molar-refractivity contribution in [3.05, 3.63) is 108 Å². The number of aromatic nitrogens is 1. The number of fused-ring (bicyclic) bond motifs is 3. The van der Waals surface area contributed by atoms with Crippen molar-refractivity contribution in [3.63, 3.8) is 0 Å². The third-order valence-electron chi connectivity index (χ3n) is 7.41. The molecule has 5 rings (SSSR count). The second-order valence-corrected chi connectivity index (χ2v) is 12.1. The molecule has 2 nitrogen and oxygen atoms in total. The topological polar surface area (TPSA) is 8.17 Å². The average Bonchev–Trinajstić information content (AvgIpc) is 3.13. The average molecular weight is 475 g/mol. The van der Waals surface area contributed by atoms with E-state index >= 15 is 0 Å². The molecule has 0 aliphatic carbocycles. The van der Waals surface area contributed by atoms with Crippen molar-refractivity contribution < 1.29 is 0 Å². The molecule has 2 heteroatoms. The van der Waals surface area contributed by atoms with Gasteiger partial charge in [-0.3, -0.25) is 0 Å². The Morgan fingerprint density at radius 3 is 1.61 bits per heavy atom. The largest absolute Gasteiger partial charge is 0.344 e. The van der Waals surface area contributed by atoms with Gasteiger partial charge in [0.05, 0.1) is 0 Å². The highest BCUT2D eigenvalue weighted by atomic mass is 15.1. The highest BCUT2D eigenvalue weighted by Gasteiger charge is 2.18. The first-order chi connectivity index (χ1) is 17.0. The fraction of sp³-hybridized carbons (Fsp3) is 0.294. The Morgan fingerprint density at radius 2 is 1.08 bits per heavy atom. The Hall–Kier alpha value is -3.52. The lowest BCUT2D eigenvalue weighted by Crippen LogP contribution is -2.18. The third kappa shape index (κ3) is 4.53. The van der Waals surface area contributed by atoms with E-state index in [9.17, 15) is 0 Å². The van der Waals surface area contributed by atoms with Crippen molar-refractivity contribution in [2.75, 3.05) is 4.90 Å². The molecule has 0 saturated carbocycles. The molecular formula is C34H38N2. The van der Waals surface area contributed by atoms with Crippen LogP contribution in [0, 0.1) is 0 Å². The van der Waals surface area contributed by atoms with Gasteiger partial charge in [-0.2, -0.15) is 0 Å². The minimum Gasteiger partial charge on any atom is -0.344 e. The van der Waals surface area contributed by atoms with Gasteiger partial charge in [-0.25, -0.2) is 0 Å². The fourth-order valence-corrected chi connectivity index (χ4v) is 5.11. The molecule has 0 bridgehead atoms. The molecule has 0 aliphatic rings. The molecule has 0 N–H and O–H groups in total. The zero-order valence-corrected chi connectivity index (χ0v) is 22.8. The standard InChI is InChI=1S/C34H38N2/c1-33(2,3)25-13-17-27(18-14-25)36(28-19-15-26(16-20-28)34(4,5)6)23-24-12-21-32-30(22-24)29-10-8-9-11-31(29)35(32)7/h8-22H,23H2,1-7H3. The van der Waals surface area contributed by atoms with E-state index in [-0.39, 0.29) is 10.8 Å². The molecule has 0 saturated heterocycles. The number of benzene rings is 4. The summed E-state index contributed by atoms with van der Waals surface area (Å²) in [5.74, 6) is 0. The highest BCUT2D eigenvalue weighted by molar-refractivity contribution is 6.08. The molecule has 184 valence electrons. The molecule has 0 aliphatic heterocycles. The molecule has 0 spiro atoms. The van der Waals surface area contributed by atoms with Crippen LogP contribution >= 0.6 is 0 Å². The summed E-state index contributed by atoms with van der Waals surface area (Å²) in [5, 5.41) is 2.63. The number of rotatable bonds is 4. The molecule has 0 amide bonds. The molecular weight excluding hydrogens is 436 g/mol. The summed E-state index contributed by atoms with van der Waals surface area (Å²) >= 11 is 0. The molecule has 0 atom stereocenters. The van der Waals surface area contributed by atoms with Crippen LogP contribution in [0.15, 0.2) is 91.0 Å². The molecule has 1 heterocycles. The molecule has 4 aromatic carbocycles. The first-order valence-electron chi connectivity index (χ1n) is 13.0. The van der Waals surface area contributed by atoms with Gasteiger partial charge >= 0.3 is 0 Å². The lowest BCUT2D eigenvalue weighted by atomic mass is 9.86. The summed E-state index contributed by atoms with van der Waals surface area (Å²) in [4.78, 5) is 2.44. The number of aryl methyl sites for hydroxylation is 1. The first kappa shape index (κ1) is 24.2. The van der Waals surface area contributed by atoms with E-state index in [0.717, 1.165) is 6.54 Å². The van der Waals surface area contributed by atoms with Crippen LogP contribution in [0.25, 0.3) is 21.8 Å². The van der Waals surface area contributed by atoms with Crippen molar-refractivity contribution in [1.29, 1.82) is 0 Å². The molecule has 0 unspecified atom stereocenters. The van der Waals surface area contributed by atoms with Crippen LogP contribution in [-0.2, 0) is 24.4 Å². The quantitative estimate of drug-likeness (QED) is 0.252. The van der Waals surface area contributed by atoms with Gasteiger partial charge in [-0.05, 0) is 70.0 Å². The van der Waals surface area contributed by atoms with E-state index in [1.807, 2.05) is 0 Å². The Labute approximate surface area is 216 Å². The van der Waals surface area contributed by atoms with Gasteiger partial charge in [0.15, 0.2) is 0 Å². The second kappa shape index (κ2) is 8.85. The maximum absolute atomic E-state index is 2.44. The normalized spacial score (nSPS) is 12.4. The zero-order chi connectivity index (χ0) is 25.7. The lowest BCUT2D eigenvalue weighted by molar-refractivity contribution is 0.590. The maximum atomic E-state index is 2.44. The molecule has 0 fully saturated rings. The fourth-order valence-electron chi connectivity index (χ4n) is 5.11. The summed E-state index contributed by atoms with van der Waals surface area (Å²) in [5.41, 5.74) is 9.26. The van der Waals surface area contributed by atoms with E-state index in [1.54, 1.807) is 0 Å². The van der Waals surface area contributed by atoms with Crippen molar-refractivity contribution in [2.24, 2.45) is 7.05 Å². The number of anilines is 2. The van der Waals surface area contributed by atoms with Crippen molar-refractivity contribution >= 4 is 33.2 Å². The first-order valence-corrected chi connectivity index (χ1v) is 13.0. The highest BCUT2D eigenvalue weighted by Crippen LogP contribution is 2.34. The molecule has 1 aromatic heterocycles. The minimum absolute atomic E-state index is 0.136. The minimum atomic E-state index is 0.136. The smallest absolute Gasteiger partial charge is 0.0488 e. The van der Waals surface area contributed by atoms with Crippen molar-refractivity contribution in [2.45, 2.75) is 58.9 Å². The van der Waals surface area contributed by atoms with E-state index < -0.39 is 0 Å². The zero-order valence-electron chi connectivity index (χ0n) is 22.8. The molecule has 0 radical (unpaired) electrons. The number of nitrogens with zero attached hydrogens (tertiary/aromatic N) is 2. The Morgan fingerprint density at radius 1 is 0.583 bits per heavy atom. The summed E-state index contributed by atoms with van der Waals surface area (Å²) in [6.45, 7) is 14.4. The third-order valence-corrected chi connectivity index (χ3v) is 7.41. The predicted octanol–water partition coefficient (Wildman–Crippen LogP) is 9.26. The predicted molar refractivity (Wildman–Crippen MR) is 157 cm³/mol. The van der Waals surface area contributed by atoms with Crippen LogP contribution in [0.1, 0.15) is 58.2 Å². The Kier molecular flexibility index (Phi) is 5.95.